The molecule has 0 aliphatic carbocycles. The number of guanidine groups is 1. The summed E-state index contributed by atoms with van der Waals surface area (Å²) in [7, 11) is 0. The van der Waals surface area contributed by atoms with E-state index < -0.39 is 5.97 Å². The molecule has 2 aliphatic rings. The Morgan fingerprint density at radius 3 is 2.00 bits per heavy atom. The number of nitrogens with two attached hydrogens (primary N) is 1. The molecule has 0 saturated carbocycles. The summed E-state index contributed by atoms with van der Waals surface area (Å²) in [6, 6.07) is -0.290. The molecule has 0 unspecified atom stereocenters. The molecule has 0 atom stereocenters. The Kier molecular flexibility index (Phi) is 7.01. The molecule has 2 fully saturated rings. The van der Waals surface area contributed by atoms with E-state index >= 15 is 0 Å². The van der Waals surface area contributed by atoms with Crippen molar-refractivity contribution < 1.29 is 19.5 Å². The van der Waals surface area contributed by atoms with Gasteiger partial charge in [0.25, 0.3) is 0 Å². The SMILES string of the molecule is N=C(N)N1CCN(C(=O)NCC(=O)N2CCN(CCC(=O)O)CC2)CC1. The van der Waals surface area contributed by atoms with Gasteiger partial charge in [-0.2, -0.15) is 0 Å². The third-order valence-corrected chi connectivity index (χ3v) is 4.67. The van der Waals surface area contributed by atoms with Crippen molar-refractivity contribution in [3.8, 4) is 0 Å². The summed E-state index contributed by atoms with van der Waals surface area (Å²) >= 11 is 0. The number of carbonyl (C=O) groups excluding carboxylic acids is 2. The first-order valence-electron chi connectivity index (χ1n) is 8.70. The lowest BCUT2D eigenvalue weighted by molar-refractivity contribution is -0.138. The van der Waals surface area contributed by atoms with Crippen LogP contribution in [0.15, 0.2) is 0 Å². The van der Waals surface area contributed by atoms with Crippen molar-refractivity contribution in [3.63, 3.8) is 0 Å². The third kappa shape index (κ3) is 5.76. The summed E-state index contributed by atoms with van der Waals surface area (Å²) in [6.45, 7) is 4.71. The van der Waals surface area contributed by atoms with Crippen molar-refractivity contribution in [2.75, 3.05) is 65.4 Å². The fourth-order valence-electron chi connectivity index (χ4n) is 3.00. The fourth-order valence-corrected chi connectivity index (χ4v) is 3.00. The van der Waals surface area contributed by atoms with Crippen LogP contribution in [0.1, 0.15) is 6.42 Å². The van der Waals surface area contributed by atoms with Gasteiger partial charge in [0.2, 0.25) is 5.91 Å². The van der Waals surface area contributed by atoms with Crippen molar-refractivity contribution in [2.24, 2.45) is 5.73 Å². The number of aliphatic carboxylic acids is 1. The third-order valence-electron chi connectivity index (χ3n) is 4.67. The number of nitrogens with one attached hydrogen (secondary N) is 2. The second kappa shape index (κ2) is 9.22. The number of carboxylic acids is 1. The molecule has 0 aromatic carbocycles. The molecule has 2 aliphatic heterocycles. The lowest BCUT2D eigenvalue weighted by Crippen LogP contribution is -2.56. The quantitative estimate of drug-likeness (QED) is 0.318. The fraction of sp³-hybridized carbons (Fsp3) is 0.733. The van der Waals surface area contributed by atoms with Crippen LogP contribution in [0.3, 0.4) is 0 Å². The van der Waals surface area contributed by atoms with Crippen LogP contribution in [0.4, 0.5) is 4.79 Å². The molecule has 146 valence electrons. The molecule has 26 heavy (non-hydrogen) atoms. The van der Waals surface area contributed by atoms with Crippen LogP contribution in [-0.4, -0.2) is 114 Å². The second-order valence-corrected chi connectivity index (χ2v) is 6.38. The molecule has 2 heterocycles. The van der Waals surface area contributed by atoms with Gasteiger partial charge in [0.05, 0.1) is 13.0 Å². The average molecular weight is 369 g/mol. The minimum absolute atomic E-state index is 0.00253. The standard InChI is InChI=1S/C15H27N7O4/c16-14(17)21-7-9-22(10-8-21)15(26)18-11-12(23)20-5-3-19(4-6-20)2-1-13(24)25/h1-11H2,(H3,16,17)(H,18,26)(H,24,25). The van der Waals surface area contributed by atoms with Gasteiger partial charge in [0, 0.05) is 58.9 Å². The number of carbonyl (C=O) groups is 3. The first-order chi connectivity index (χ1) is 12.4. The van der Waals surface area contributed by atoms with Crippen LogP contribution in [-0.2, 0) is 9.59 Å². The summed E-state index contributed by atoms with van der Waals surface area (Å²) in [5.41, 5.74) is 5.42. The number of carboxylic acid groups (broad SMARTS) is 1. The number of rotatable bonds is 5. The zero-order valence-electron chi connectivity index (χ0n) is 14.8. The van der Waals surface area contributed by atoms with Crippen LogP contribution in [0, 0.1) is 5.41 Å². The first kappa shape index (κ1) is 19.8. The molecule has 0 aromatic rings. The summed E-state index contributed by atoms with van der Waals surface area (Å²) in [5, 5.41) is 18.7. The molecule has 0 radical (unpaired) electrons. The normalized spacial score (nSPS) is 18.5. The van der Waals surface area contributed by atoms with E-state index in [-0.39, 0.29) is 30.9 Å². The smallest absolute Gasteiger partial charge is 0.317 e. The molecular weight excluding hydrogens is 342 g/mol. The van der Waals surface area contributed by atoms with Gasteiger partial charge < -0.3 is 30.9 Å². The highest BCUT2D eigenvalue weighted by Crippen LogP contribution is 2.04. The Bertz CT molecular complexity index is 540. The maximum absolute atomic E-state index is 12.2. The maximum atomic E-state index is 12.2. The molecule has 0 spiro atoms. The Labute approximate surface area is 152 Å². The number of nitrogens with zero attached hydrogens (tertiary/aromatic N) is 4. The highest BCUT2D eigenvalue weighted by atomic mass is 16.4. The van der Waals surface area contributed by atoms with E-state index in [2.05, 4.69) is 5.32 Å². The zero-order chi connectivity index (χ0) is 19.1. The summed E-state index contributed by atoms with van der Waals surface area (Å²) in [4.78, 5) is 42.0. The van der Waals surface area contributed by atoms with E-state index in [1.54, 1.807) is 14.7 Å². The minimum atomic E-state index is -0.824. The number of hydrogen-bond acceptors (Lipinski definition) is 5. The van der Waals surface area contributed by atoms with E-state index in [9.17, 15) is 14.4 Å². The van der Waals surface area contributed by atoms with Gasteiger partial charge in [0.15, 0.2) is 5.96 Å². The predicted molar refractivity (Wildman–Crippen MR) is 93.7 cm³/mol. The average Bonchev–Trinajstić information content (AvgIpc) is 2.64. The van der Waals surface area contributed by atoms with Crippen LogP contribution in [0.2, 0.25) is 0 Å². The minimum Gasteiger partial charge on any atom is -0.481 e. The van der Waals surface area contributed by atoms with Crippen LogP contribution < -0.4 is 11.1 Å². The highest BCUT2D eigenvalue weighted by Gasteiger charge is 2.24. The lowest BCUT2D eigenvalue weighted by atomic mass is 10.3. The number of hydrogen-bond donors (Lipinski definition) is 4. The van der Waals surface area contributed by atoms with Gasteiger partial charge in [-0.15, -0.1) is 0 Å². The van der Waals surface area contributed by atoms with Crippen LogP contribution >= 0.6 is 0 Å². The molecule has 0 bridgehead atoms. The maximum Gasteiger partial charge on any atom is 0.317 e. The van der Waals surface area contributed by atoms with Crippen molar-refractivity contribution in [3.05, 3.63) is 0 Å². The number of urea groups is 1. The number of amides is 3. The molecule has 5 N–H and O–H groups in total. The van der Waals surface area contributed by atoms with Crippen molar-refractivity contribution >= 4 is 23.9 Å². The van der Waals surface area contributed by atoms with Crippen LogP contribution in [0.5, 0.6) is 0 Å². The Hall–Kier alpha value is -2.56. The largest absolute Gasteiger partial charge is 0.481 e. The Morgan fingerprint density at radius 2 is 1.46 bits per heavy atom. The van der Waals surface area contributed by atoms with E-state index in [1.165, 1.54) is 0 Å². The predicted octanol–water partition coefficient (Wildman–Crippen LogP) is -2.17. The molecule has 0 aromatic heterocycles. The molecule has 2 rings (SSSR count). The molecule has 11 heteroatoms. The monoisotopic (exact) mass is 369 g/mol. The van der Waals surface area contributed by atoms with Gasteiger partial charge >= 0.3 is 12.0 Å². The van der Waals surface area contributed by atoms with Gasteiger partial charge in [-0.1, -0.05) is 0 Å². The molecule has 3 amide bonds. The highest BCUT2D eigenvalue weighted by molar-refractivity contribution is 5.84. The lowest BCUT2D eigenvalue weighted by Gasteiger charge is -2.36. The summed E-state index contributed by atoms with van der Waals surface area (Å²) in [5.74, 6) is -0.961. The van der Waals surface area contributed by atoms with Gasteiger partial charge in [-0.25, -0.2) is 4.79 Å². The van der Waals surface area contributed by atoms with Crippen molar-refractivity contribution in [2.45, 2.75) is 6.42 Å². The zero-order valence-corrected chi connectivity index (χ0v) is 14.8. The van der Waals surface area contributed by atoms with E-state index in [1.807, 2.05) is 4.90 Å². The van der Waals surface area contributed by atoms with Gasteiger partial charge in [-0.05, 0) is 0 Å². The van der Waals surface area contributed by atoms with Crippen molar-refractivity contribution in [1.82, 2.24) is 24.9 Å². The number of piperazine rings is 2. The van der Waals surface area contributed by atoms with E-state index in [0.29, 0.717) is 58.9 Å². The van der Waals surface area contributed by atoms with Crippen LogP contribution in [0.25, 0.3) is 0 Å². The Balaban J connectivity index is 1.65. The van der Waals surface area contributed by atoms with E-state index in [0.717, 1.165) is 0 Å². The van der Waals surface area contributed by atoms with Gasteiger partial charge in [0.1, 0.15) is 0 Å². The van der Waals surface area contributed by atoms with E-state index in [4.69, 9.17) is 16.2 Å². The topological polar surface area (TPSA) is 146 Å². The molecular formula is C15H27N7O4. The Morgan fingerprint density at radius 1 is 0.923 bits per heavy atom. The van der Waals surface area contributed by atoms with Crippen molar-refractivity contribution in [1.29, 1.82) is 5.41 Å². The summed E-state index contributed by atoms with van der Waals surface area (Å²) in [6.07, 6.45) is 0.0981. The molecule has 2 saturated heterocycles. The first-order valence-corrected chi connectivity index (χ1v) is 8.70. The summed E-state index contributed by atoms with van der Waals surface area (Å²) < 4.78 is 0. The van der Waals surface area contributed by atoms with Gasteiger partial charge in [-0.3, -0.25) is 19.9 Å². The second-order valence-electron chi connectivity index (χ2n) is 6.38. The molecule has 11 nitrogen and oxygen atoms in total.